The Labute approximate surface area is 182 Å². The summed E-state index contributed by atoms with van der Waals surface area (Å²) in [4.78, 5) is 14.3. The Balaban J connectivity index is 1.71. The van der Waals surface area contributed by atoms with E-state index in [1.807, 2.05) is 18.2 Å². The topological polar surface area (TPSA) is 93.1 Å². The maximum absolute atomic E-state index is 11.1. The van der Waals surface area contributed by atoms with E-state index in [-0.39, 0.29) is 5.69 Å². The summed E-state index contributed by atoms with van der Waals surface area (Å²) in [6, 6.07) is 12.6. The van der Waals surface area contributed by atoms with Crippen LogP contribution in [-0.4, -0.2) is 50.2 Å². The first-order valence-electron chi connectivity index (χ1n) is 10.1. The normalized spacial score (nSPS) is 14.8. The summed E-state index contributed by atoms with van der Waals surface area (Å²) in [5.74, 6) is 1.46. The summed E-state index contributed by atoms with van der Waals surface area (Å²) in [7, 11) is 3.27. The van der Waals surface area contributed by atoms with Crippen molar-refractivity contribution in [2.24, 2.45) is 0 Å². The fourth-order valence-electron chi connectivity index (χ4n) is 3.92. The summed E-state index contributed by atoms with van der Waals surface area (Å²) in [6.45, 7) is 6.25. The van der Waals surface area contributed by atoms with Crippen LogP contribution in [0.5, 0.6) is 11.5 Å². The Bertz CT molecular complexity index is 1020. The minimum Gasteiger partial charge on any atom is -0.493 e. The summed E-state index contributed by atoms with van der Waals surface area (Å²) < 4.78 is 10.8. The van der Waals surface area contributed by atoms with Crippen molar-refractivity contribution < 1.29 is 19.3 Å². The number of aryl methyl sites for hydroxylation is 1. The van der Waals surface area contributed by atoms with Gasteiger partial charge in [0.1, 0.15) is 6.54 Å². The van der Waals surface area contributed by atoms with Crippen LogP contribution in [-0.2, 0) is 6.54 Å². The highest BCUT2D eigenvalue weighted by molar-refractivity contribution is 5.68. The summed E-state index contributed by atoms with van der Waals surface area (Å²) in [5, 5.41) is 20.4. The van der Waals surface area contributed by atoms with E-state index in [0.29, 0.717) is 5.56 Å². The van der Waals surface area contributed by atoms with Crippen LogP contribution in [0.3, 0.4) is 0 Å². The molecule has 0 bridgehead atoms. The van der Waals surface area contributed by atoms with Crippen LogP contribution in [0.25, 0.3) is 5.70 Å². The summed E-state index contributed by atoms with van der Waals surface area (Å²) in [6.07, 6.45) is 1.47. The predicted octanol–water partition coefficient (Wildman–Crippen LogP) is 2.19. The van der Waals surface area contributed by atoms with Gasteiger partial charge < -0.3 is 19.3 Å². The molecule has 0 aliphatic carbocycles. The number of nitrogens with zero attached hydrogens (tertiary/aromatic N) is 3. The minimum absolute atomic E-state index is 0.0227. The van der Waals surface area contributed by atoms with Gasteiger partial charge in [-0.15, -0.1) is 0 Å². The molecule has 1 aliphatic rings. The highest BCUT2D eigenvalue weighted by Crippen LogP contribution is 2.30. The van der Waals surface area contributed by atoms with Crippen LogP contribution >= 0.6 is 0 Å². The standard InChI is InChI=1S/C23H26N4O4/c1-17-13-22(30-2)23(31-3)15-19(17)16-25-9-11-26(12-10-25)21(7-8-24)18-5-4-6-20(14-18)27(28)29/h4-7,13-15H,9-12,16H2,1-3H3/p+1/b21-7-. The van der Waals surface area contributed by atoms with E-state index < -0.39 is 4.92 Å². The zero-order valence-electron chi connectivity index (χ0n) is 18.1. The van der Waals surface area contributed by atoms with Gasteiger partial charge >= 0.3 is 0 Å². The van der Waals surface area contributed by atoms with Crippen molar-refractivity contribution in [1.82, 2.24) is 4.90 Å². The van der Waals surface area contributed by atoms with Crippen molar-refractivity contribution in [2.45, 2.75) is 13.5 Å². The fourth-order valence-corrected chi connectivity index (χ4v) is 3.92. The quantitative estimate of drug-likeness (QED) is 0.417. The molecule has 2 aromatic rings. The number of nitrogens with one attached hydrogen (secondary N) is 1. The molecule has 0 spiro atoms. The Kier molecular flexibility index (Phi) is 7.11. The van der Waals surface area contributed by atoms with Gasteiger partial charge in [-0.3, -0.25) is 10.1 Å². The van der Waals surface area contributed by atoms with Gasteiger partial charge in [0.25, 0.3) is 5.69 Å². The number of allylic oxidation sites excluding steroid dienone is 1. The average molecular weight is 423 g/mol. The number of nitriles is 1. The molecular formula is C23H27N4O4+. The van der Waals surface area contributed by atoms with Gasteiger partial charge in [0.05, 0.1) is 57.1 Å². The van der Waals surface area contributed by atoms with Crippen LogP contribution in [0.4, 0.5) is 5.69 Å². The van der Waals surface area contributed by atoms with Crippen molar-refractivity contribution in [3.8, 4) is 17.6 Å². The molecule has 0 unspecified atom stereocenters. The second-order valence-corrected chi connectivity index (χ2v) is 7.51. The molecule has 8 nitrogen and oxygen atoms in total. The molecule has 1 N–H and O–H groups in total. The molecule has 0 atom stereocenters. The lowest BCUT2D eigenvalue weighted by atomic mass is 10.1. The number of piperazine rings is 1. The second kappa shape index (κ2) is 9.96. The van der Waals surface area contributed by atoms with E-state index in [4.69, 9.17) is 9.47 Å². The van der Waals surface area contributed by atoms with Crippen molar-refractivity contribution >= 4 is 11.4 Å². The van der Waals surface area contributed by atoms with E-state index in [1.165, 1.54) is 28.7 Å². The van der Waals surface area contributed by atoms with Crippen LogP contribution in [0, 0.1) is 28.4 Å². The molecule has 31 heavy (non-hydrogen) atoms. The SMILES string of the molecule is COc1cc(C)c(C[NH+]2CCN(/C(=C\C#N)c3cccc([N+](=O)[O-])c3)CC2)cc1OC. The number of methoxy groups -OCH3 is 2. The number of benzene rings is 2. The number of rotatable bonds is 7. The lowest BCUT2D eigenvalue weighted by Gasteiger charge is -2.35. The molecule has 1 saturated heterocycles. The van der Waals surface area contributed by atoms with E-state index >= 15 is 0 Å². The molecule has 1 fully saturated rings. The lowest BCUT2D eigenvalue weighted by Crippen LogP contribution is -3.13. The van der Waals surface area contributed by atoms with E-state index in [2.05, 4.69) is 17.9 Å². The van der Waals surface area contributed by atoms with Gasteiger partial charge in [-0.05, 0) is 24.6 Å². The van der Waals surface area contributed by atoms with Gasteiger partial charge in [-0.2, -0.15) is 5.26 Å². The maximum Gasteiger partial charge on any atom is 0.270 e. The van der Waals surface area contributed by atoms with E-state index in [1.54, 1.807) is 20.3 Å². The zero-order valence-corrected chi connectivity index (χ0v) is 18.1. The third kappa shape index (κ3) is 5.13. The number of hydrogen-bond donors (Lipinski definition) is 1. The number of nitro benzene ring substituents is 1. The van der Waals surface area contributed by atoms with Gasteiger partial charge in [0.2, 0.25) is 0 Å². The first-order chi connectivity index (χ1) is 15.0. The Morgan fingerprint density at radius 3 is 2.52 bits per heavy atom. The molecule has 0 radical (unpaired) electrons. The number of nitro groups is 1. The third-order valence-electron chi connectivity index (χ3n) is 5.65. The summed E-state index contributed by atoms with van der Waals surface area (Å²) in [5.41, 5.74) is 3.82. The average Bonchev–Trinajstić information content (AvgIpc) is 2.79. The largest absolute Gasteiger partial charge is 0.493 e. The molecule has 1 aliphatic heterocycles. The van der Waals surface area contributed by atoms with E-state index in [9.17, 15) is 15.4 Å². The second-order valence-electron chi connectivity index (χ2n) is 7.51. The highest BCUT2D eigenvalue weighted by Gasteiger charge is 2.24. The van der Waals surface area contributed by atoms with Gasteiger partial charge in [0.15, 0.2) is 11.5 Å². The van der Waals surface area contributed by atoms with Gasteiger partial charge in [-0.1, -0.05) is 12.1 Å². The number of non-ortho nitro benzene ring substituents is 1. The molecule has 2 aromatic carbocycles. The number of ether oxygens (including phenoxy) is 2. The first-order valence-corrected chi connectivity index (χ1v) is 10.1. The molecule has 0 amide bonds. The molecule has 0 saturated carbocycles. The van der Waals surface area contributed by atoms with Crippen molar-refractivity contribution in [3.05, 3.63) is 69.3 Å². The molecule has 3 rings (SSSR count). The third-order valence-corrected chi connectivity index (χ3v) is 5.65. The van der Waals surface area contributed by atoms with Crippen LogP contribution < -0.4 is 14.4 Å². The molecule has 1 heterocycles. The molecule has 162 valence electrons. The van der Waals surface area contributed by atoms with Crippen LogP contribution in [0.15, 0.2) is 42.5 Å². The Morgan fingerprint density at radius 2 is 1.90 bits per heavy atom. The Morgan fingerprint density at radius 1 is 1.23 bits per heavy atom. The van der Waals surface area contributed by atoms with Gasteiger partial charge in [-0.25, -0.2) is 0 Å². The number of quaternary nitrogens is 1. The Hall–Kier alpha value is -3.57. The monoisotopic (exact) mass is 423 g/mol. The zero-order chi connectivity index (χ0) is 22.4. The summed E-state index contributed by atoms with van der Waals surface area (Å²) >= 11 is 0. The van der Waals surface area contributed by atoms with Crippen LogP contribution in [0.1, 0.15) is 16.7 Å². The first kappa shape index (κ1) is 22.1. The van der Waals surface area contributed by atoms with E-state index in [0.717, 1.165) is 55.5 Å². The smallest absolute Gasteiger partial charge is 0.270 e. The molecular weight excluding hydrogens is 396 g/mol. The fraction of sp³-hybridized carbons (Fsp3) is 0.348. The van der Waals surface area contributed by atoms with Crippen LogP contribution in [0.2, 0.25) is 0 Å². The van der Waals surface area contributed by atoms with Gasteiger partial charge in [0, 0.05) is 29.3 Å². The molecule has 0 aromatic heterocycles. The van der Waals surface area contributed by atoms with Crippen molar-refractivity contribution in [2.75, 3.05) is 40.4 Å². The van der Waals surface area contributed by atoms with Crippen molar-refractivity contribution in [3.63, 3.8) is 0 Å². The lowest BCUT2D eigenvalue weighted by molar-refractivity contribution is -0.917. The van der Waals surface area contributed by atoms with Crippen molar-refractivity contribution in [1.29, 1.82) is 5.26 Å². The molecule has 8 heteroatoms. The number of hydrogen-bond acceptors (Lipinski definition) is 6. The highest BCUT2D eigenvalue weighted by atomic mass is 16.6. The predicted molar refractivity (Wildman–Crippen MR) is 117 cm³/mol. The minimum atomic E-state index is -0.416. The maximum atomic E-state index is 11.1.